The van der Waals surface area contributed by atoms with Gasteiger partial charge in [0.25, 0.3) is 0 Å². The summed E-state index contributed by atoms with van der Waals surface area (Å²) in [6.45, 7) is 6.88. The van der Waals surface area contributed by atoms with E-state index in [1.807, 2.05) is 12.1 Å². The Morgan fingerprint density at radius 2 is 1.36 bits per heavy atom. The van der Waals surface area contributed by atoms with Crippen molar-refractivity contribution in [3.05, 3.63) is 65.7 Å². The first-order valence-corrected chi connectivity index (χ1v) is 8.13. The molecule has 0 atom stereocenters. The van der Waals surface area contributed by atoms with E-state index in [9.17, 15) is 0 Å². The van der Waals surface area contributed by atoms with Gasteiger partial charge in [-0.2, -0.15) is 0 Å². The lowest BCUT2D eigenvalue weighted by Gasteiger charge is -2.34. The fourth-order valence-electron chi connectivity index (χ4n) is 2.98. The van der Waals surface area contributed by atoms with Crippen LogP contribution in [-0.2, 0) is 13.0 Å². The summed E-state index contributed by atoms with van der Waals surface area (Å²) in [5, 5.41) is 0. The second-order valence-corrected chi connectivity index (χ2v) is 6.09. The zero-order valence-electron chi connectivity index (χ0n) is 13.1. The number of benzene rings is 2. The standard InChI is InChI=1S/C19H25N3/c20-19-8-6-17(7-9-19)10-11-21-12-14-22(15-13-21)16-18-4-2-1-3-5-18/h1-9H,10-16,20H2. The molecule has 2 aromatic carbocycles. The fraction of sp³-hybridized carbons (Fsp3) is 0.368. The van der Waals surface area contributed by atoms with Gasteiger partial charge in [0.15, 0.2) is 0 Å². The minimum atomic E-state index is 0.846. The Balaban J connectivity index is 1.41. The van der Waals surface area contributed by atoms with Gasteiger partial charge < -0.3 is 10.6 Å². The monoisotopic (exact) mass is 295 g/mol. The predicted molar refractivity (Wildman–Crippen MR) is 92.7 cm³/mol. The number of piperazine rings is 1. The van der Waals surface area contributed by atoms with Crippen molar-refractivity contribution in [2.24, 2.45) is 0 Å². The average molecular weight is 295 g/mol. The largest absolute Gasteiger partial charge is 0.399 e. The minimum absolute atomic E-state index is 0.846. The molecule has 1 aliphatic heterocycles. The Kier molecular flexibility index (Phi) is 5.09. The first-order valence-electron chi connectivity index (χ1n) is 8.13. The summed E-state index contributed by atoms with van der Waals surface area (Å²) in [5.74, 6) is 0. The van der Waals surface area contributed by atoms with Crippen LogP contribution in [0, 0.1) is 0 Å². The molecule has 3 nitrogen and oxygen atoms in total. The van der Waals surface area contributed by atoms with Crippen LogP contribution in [0.5, 0.6) is 0 Å². The van der Waals surface area contributed by atoms with E-state index in [0.29, 0.717) is 0 Å². The summed E-state index contributed by atoms with van der Waals surface area (Å²) in [4.78, 5) is 5.12. The van der Waals surface area contributed by atoms with Gasteiger partial charge in [-0.1, -0.05) is 42.5 Å². The van der Waals surface area contributed by atoms with Crippen molar-refractivity contribution < 1.29 is 0 Å². The number of nitrogens with two attached hydrogens (primary N) is 1. The summed E-state index contributed by atoms with van der Waals surface area (Å²) in [7, 11) is 0. The molecule has 116 valence electrons. The first-order chi connectivity index (χ1) is 10.8. The van der Waals surface area contributed by atoms with Gasteiger partial charge >= 0.3 is 0 Å². The lowest BCUT2D eigenvalue weighted by atomic mass is 10.1. The Labute approximate surface area is 133 Å². The van der Waals surface area contributed by atoms with Crippen molar-refractivity contribution in [2.75, 3.05) is 38.5 Å². The summed E-state index contributed by atoms with van der Waals surface area (Å²) >= 11 is 0. The number of hydrogen-bond acceptors (Lipinski definition) is 3. The van der Waals surface area contributed by atoms with Crippen LogP contribution >= 0.6 is 0 Å². The summed E-state index contributed by atoms with van der Waals surface area (Å²) in [5.41, 5.74) is 9.36. The van der Waals surface area contributed by atoms with Gasteiger partial charge in [-0.05, 0) is 29.7 Å². The molecule has 1 aliphatic rings. The Bertz CT molecular complexity index is 557. The second-order valence-electron chi connectivity index (χ2n) is 6.09. The van der Waals surface area contributed by atoms with E-state index in [-0.39, 0.29) is 0 Å². The Morgan fingerprint density at radius 1 is 0.727 bits per heavy atom. The van der Waals surface area contributed by atoms with E-state index >= 15 is 0 Å². The highest BCUT2D eigenvalue weighted by molar-refractivity contribution is 5.39. The number of hydrogen-bond donors (Lipinski definition) is 1. The predicted octanol–water partition coefficient (Wildman–Crippen LogP) is 2.63. The van der Waals surface area contributed by atoms with Crippen molar-refractivity contribution in [1.29, 1.82) is 0 Å². The van der Waals surface area contributed by atoms with E-state index in [4.69, 9.17) is 5.73 Å². The topological polar surface area (TPSA) is 32.5 Å². The third-order valence-electron chi connectivity index (χ3n) is 4.41. The van der Waals surface area contributed by atoms with Gasteiger partial charge in [0.2, 0.25) is 0 Å². The highest BCUT2D eigenvalue weighted by atomic mass is 15.3. The second kappa shape index (κ2) is 7.43. The molecule has 2 aromatic rings. The molecule has 0 radical (unpaired) electrons. The first kappa shape index (κ1) is 15.1. The van der Waals surface area contributed by atoms with Crippen molar-refractivity contribution >= 4 is 5.69 Å². The smallest absolute Gasteiger partial charge is 0.0314 e. The van der Waals surface area contributed by atoms with Crippen LogP contribution in [-0.4, -0.2) is 42.5 Å². The zero-order chi connectivity index (χ0) is 15.2. The van der Waals surface area contributed by atoms with Crippen molar-refractivity contribution in [2.45, 2.75) is 13.0 Å². The van der Waals surface area contributed by atoms with Crippen molar-refractivity contribution in [3.8, 4) is 0 Å². The molecule has 3 rings (SSSR count). The van der Waals surface area contributed by atoms with Crippen LogP contribution in [0.3, 0.4) is 0 Å². The molecule has 0 saturated carbocycles. The number of rotatable bonds is 5. The van der Waals surface area contributed by atoms with E-state index in [2.05, 4.69) is 52.3 Å². The van der Waals surface area contributed by atoms with E-state index in [0.717, 1.165) is 38.3 Å². The van der Waals surface area contributed by atoms with Gasteiger partial charge in [0, 0.05) is 45.0 Å². The third-order valence-corrected chi connectivity index (χ3v) is 4.41. The lowest BCUT2D eigenvalue weighted by molar-refractivity contribution is 0.128. The third kappa shape index (κ3) is 4.33. The SMILES string of the molecule is Nc1ccc(CCN2CCN(Cc3ccccc3)CC2)cc1. The van der Waals surface area contributed by atoms with Crippen LogP contribution in [0.15, 0.2) is 54.6 Å². The van der Waals surface area contributed by atoms with Crippen LogP contribution in [0.4, 0.5) is 5.69 Å². The van der Waals surface area contributed by atoms with Gasteiger partial charge in [-0.15, -0.1) is 0 Å². The van der Waals surface area contributed by atoms with E-state index < -0.39 is 0 Å². The molecule has 1 saturated heterocycles. The van der Waals surface area contributed by atoms with Crippen LogP contribution in [0.1, 0.15) is 11.1 Å². The molecule has 0 aromatic heterocycles. The maximum absolute atomic E-state index is 5.73. The average Bonchev–Trinajstić information content (AvgIpc) is 2.57. The lowest BCUT2D eigenvalue weighted by Crippen LogP contribution is -2.46. The molecular formula is C19H25N3. The summed E-state index contributed by atoms with van der Waals surface area (Å²) in [6.07, 6.45) is 1.11. The highest BCUT2D eigenvalue weighted by Crippen LogP contribution is 2.10. The highest BCUT2D eigenvalue weighted by Gasteiger charge is 2.16. The maximum Gasteiger partial charge on any atom is 0.0314 e. The van der Waals surface area contributed by atoms with Gasteiger partial charge in [-0.3, -0.25) is 4.90 Å². The molecule has 0 amide bonds. The molecule has 1 fully saturated rings. The van der Waals surface area contributed by atoms with Gasteiger partial charge in [-0.25, -0.2) is 0 Å². The molecule has 2 N–H and O–H groups in total. The van der Waals surface area contributed by atoms with Crippen LogP contribution in [0.2, 0.25) is 0 Å². The molecule has 0 unspecified atom stereocenters. The maximum atomic E-state index is 5.73. The molecule has 0 spiro atoms. The van der Waals surface area contributed by atoms with Crippen LogP contribution in [0.25, 0.3) is 0 Å². The van der Waals surface area contributed by atoms with E-state index in [1.54, 1.807) is 0 Å². The minimum Gasteiger partial charge on any atom is -0.399 e. The van der Waals surface area contributed by atoms with Gasteiger partial charge in [0.1, 0.15) is 0 Å². The quantitative estimate of drug-likeness (QED) is 0.861. The summed E-state index contributed by atoms with van der Waals surface area (Å²) < 4.78 is 0. The number of nitrogen functional groups attached to an aromatic ring is 1. The molecular weight excluding hydrogens is 270 g/mol. The van der Waals surface area contributed by atoms with Crippen molar-refractivity contribution in [3.63, 3.8) is 0 Å². The molecule has 1 heterocycles. The number of nitrogens with zero attached hydrogens (tertiary/aromatic N) is 2. The molecule has 3 heteroatoms. The normalized spacial score (nSPS) is 16.7. The molecule has 0 bridgehead atoms. The molecule has 0 aliphatic carbocycles. The zero-order valence-corrected chi connectivity index (χ0v) is 13.1. The molecule has 22 heavy (non-hydrogen) atoms. The fourth-order valence-corrected chi connectivity index (χ4v) is 2.98. The summed E-state index contributed by atoms with van der Waals surface area (Å²) in [6, 6.07) is 19.0. The van der Waals surface area contributed by atoms with Crippen LogP contribution < -0.4 is 5.73 Å². The van der Waals surface area contributed by atoms with E-state index in [1.165, 1.54) is 24.2 Å². The Hall–Kier alpha value is -1.84. The van der Waals surface area contributed by atoms with Crippen molar-refractivity contribution in [1.82, 2.24) is 9.80 Å². The van der Waals surface area contributed by atoms with Gasteiger partial charge in [0.05, 0.1) is 0 Å². The number of anilines is 1. The Morgan fingerprint density at radius 3 is 2.05 bits per heavy atom.